The smallest absolute Gasteiger partial charge is 0.274 e. The Balaban J connectivity index is 1.43. The van der Waals surface area contributed by atoms with Crippen LogP contribution in [0.3, 0.4) is 0 Å². The summed E-state index contributed by atoms with van der Waals surface area (Å²) in [6, 6.07) is 16.2. The van der Waals surface area contributed by atoms with Gasteiger partial charge in [-0.1, -0.05) is 30.3 Å². The summed E-state index contributed by atoms with van der Waals surface area (Å²) in [5.41, 5.74) is 1.57. The van der Waals surface area contributed by atoms with E-state index in [-0.39, 0.29) is 11.7 Å². The van der Waals surface area contributed by atoms with Crippen molar-refractivity contribution < 1.29 is 13.9 Å². The van der Waals surface area contributed by atoms with Crippen LogP contribution in [0.5, 0.6) is 5.75 Å². The van der Waals surface area contributed by atoms with Gasteiger partial charge in [-0.2, -0.15) is 0 Å². The number of hydrogen-bond donors (Lipinski definition) is 0. The summed E-state index contributed by atoms with van der Waals surface area (Å²) in [6.07, 6.45) is 2.78. The van der Waals surface area contributed by atoms with E-state index in [2.05, 4.69) is 4.98 Å². The molecule has 1 fully saturated rings. The third-order valence-corrected chi connectivity index (χ3v) is 5.87. The molecule has 0 spiro atoms. The molecule has 1 aliphatic carbocycles. The van der Waals surface area contributed by atoms with Crippen molar-refractivity contribution in [1.82, 2.24) is 9.88 Å². The first-order valence-corrected chi connectivity index (χ1v) is 10.7. The van der Waals surface area contributed by atoms with E-state index in [0.29, 0.717) is 37.1 Å². The lowest BCUT2D eigenvalue weighted by Gasteiger charge is -2.22. The van der Waals surface area contributed by atoms with Crippen molar-refractivity contribution in [2.75, 3.05) is 13.2 Å². The quantitative estimate of drug-likeness (QED) is 0.471. The van der Waals surface area contributed by atoms with E-state index in [0.717, 1.165) is 28.3 Å². The fraction of sp³-hybridized carbons (Fsp3) is 0.304. The molecular weight excluding hydrogens is 387 g/mol. The summed E-state index contributed by atoms with van der Waals surface area (Å²) in [4.78, 5) is 20.8. The van der Waals surface area contributed by atoms with Crippen molar-refractivity contribution in [2.45, 2.75) is 32.2 Å². The van der Waals surface area contributed by atoms with E-state index in [4.69, 9.17) is 4.74 Å². The van der Waals surface area contributed by atoms with Crippen LogP contribution in [0.2, 0.25) is 0 Å². The summed E-state index contributed by atoms with van der Waals surface area (Å²) in [5, 5.41) is 0.891. The molecular formula is C23H23FN2O2S. The average molecular weight is 411 g/mol. The van der Waals surface area contributed by atoms with Gasteiger partial charge in [0.2, 0.25) is 0 Å². The Morgan fingerprint density at radius 3 is 2.59 bits per heavy atom. The number of halogens is 1. The van der Waals surface area contributed by atoms with Gasteiger partial charge in [0.15, 0.2) is 0 Å². The van der Waals surface area contributed by atoms with Gasteiger partial charge in [0.05, 0.1) is 16.5 Å². The van der Waals surface area contributed by atoms with Gasteiger partial charge < -0.3 is 9.64 Å². The fourth-order valence-electron chi connectivity index (χ4n) is 3.29. The van der Waals surface area contributed by atoms with Crippen molar-refractivity contribution in [3.63, 3.8) is 0 Å². The molecule has 0 saturated heterocycles. The Bertz CT molecular complexity index is 968. The lowest BCUT2D eigenvalue weighted by atomic mass is 10.1. The zero-order chi connectivity index (χ0) is 20.2. The number of aromatic nitrogens is 1. The second-order valence-electron chi connectivity index (χ2n) is 7.16. The topological polar surface area (TPSA) is 42.4 Å². The highest BCUT2D eigenvalue weighted by Gasteiger charge is 2.34. The number of amides is 1. The van der Waals surface area contributed by atoms with Crippen molar-refractivity contribution in [3.05, 3.63) is 71.1 Å². The molecule has 6 heteroatoms. The van der Waals surface area contributed by atoms with Crippen LogP contribution >= 0.6 is 11.3 Å². The fourth-order valence-corrected chi connectivity index (χ4v) is 4.20. The van der Waals surface area contributed by atoms with Crippen LogP contribution in [-0.4, -0.2) is 35.0 Å². The van der Waals surface area contributed by atoms with Gasteiger partial charge in [0.1, 0.15) is 17.3 Å². The Hall–Kier alpha value is -2.73. The van der Waals surface area contributed by atoms with Crippen molar-refractivity contribution in [3.8, 4) is 16.2 Å². The molecule has 1 amide bonds. The molecule has 1 heterocycles. The summed E-state index contributed by atoms with van der Waals surface area (Å²) in [7, 11) is 0. The van der Waals surface area contributed by atoms with Gasteiger partial charge >= 0.3 is 0 Å². The molecule has 0 atom stereocenters. The third-order valence-electron chi connectivity index (χ3n) is 4.85. The van der Waals surface area contributed by atoms with E-state index in [1.807, 2.05) is 42.2 Å². The Labute approximate surface area is 174 Å². The molecule has 3 aromatic rings. The molecule has 1 aromatic heterocycles. The van der Waals surface area contributed by atoms with Gasteiger partial charge in [-0.05, 0) is 56.0 Å². The van der Waals surface area contributed by atoms with E-state index in [9.17, 15) is 9.18 Å². The molecule has 0 bridgehead atoms. The van der Waals surface area contributed by atoms with Gasteiger partial charge in [-0.3, -0.25) is 4.79 Å². The van der Waals surface area contributed by atoms with Crippen LogP contribution in [0.1, 0.15) is 34.8 Å². The summed E-state index contributed by atoms with van der Waals surface area (Å²) < 4.78 is 18.7. The largest absolute Gasteiger partial charge is 0.494 e. The molecule has 29 heavy (non-hydrogen) atoms. The highest BCUT2D eigenvalue weighted by molar-refractivity contribution is 7.15. The molecule has 4 nitrogen and oxygen atoms in total. The highest BCUT2D eigenvalue weighted by Crippen LogP contribution is 2.34. The monoisotopic (exact) mass is 410 g/mol. The van der Waals surface area contributed by atoms with Gasteiger partial charge in [0.25, 0.3) is 5.91 Å². The van der Waals surface area contributed by atoms with Crippen molar-refractivity contribution in [1.29, 1.82) is 0 Å². The van der Waals surface area contributed by atoms with Gasteiger partial charge in [-0.25, -0.2) is 9.37 Å². The lowest BCUT2D eigenvalue weighted by Crippen LogP contribution is -2.35. The van der Waals surface area contributed by atoms with Crippen LogP contribution in [0.25, 0.3) is 10.4 Å². The minimum Gasteiger partial charge on any atom is -0.494 e. The number of hydrogen-bond acceptors (Lipinski definition) is 4. The molecule has 4 rings (SSSR count). The zero-order valence-electron chi connectivity index (χ0n) is 16.3. The zero-order valence-corrected chi connectivity index (χ0v) is 17.1. The number of benzene rings is 2. The van der Waals surface area contributed by atoms with Crippen LogP contribution in [0.15, 0.2) is 54.6 Å². The predicted molar refractivity (Wildman–Crippen MR) is 113 cm³/mol. The van der Waals surface area contributed by atoms with Crippen LogP contribution < -0.4 is 4.74 Å². The van der Waals surface area contributed by atoms with Crippen LogP contribution in [0, 0.1) is 12.7 Å². The van der Waals surface area contributed by atoms with Gasteiger partial charge in [0, 0.05) is 12.6 Å². The van der Waals surface area contributed by atoms with E-state index < -0.39 is 0 Å². The molecule has 2 aromatic carbocycles. The minimum atomic E-state index is -0.282. The number of nitrogens with zero attached hydrogens (tertiary/aromatic N) is 2. The van der Waals surface area contributed by atoms with Crippen molar-refractivity contribution >= 4 is 17.2 Å². The Morgan fingerprint density at radius 1 is 1.17 bits per heavy atom. The first-order valence-electron chi connectivity index (χ1n) is 9.84. The standard InChI is InChI=1S/C23H23FN2O2S/c1-16-25-21(22(29-16)17-6-3-2-4-7-17)23(27)26(19-10-11-19)14-5-15-28-20-12-8-18(24)9-13-20/h2-4,6-9,12-13,19H,5,10-11,14-15H2,1H3. The second kappa shape index (κ2) is 8.74. The molecule has 1 aliphatic rings. The molecule has 0 unspecified atom stereocenters. The number of carbonyl (C=O) groups excluding carboxylic acids is 1. The summed E-state index contributed by atoms with van der Waals surface area (Å²) in [5.74, 6) is 0.352. The molecule has 0 aliphatic heterocycles. The Morgan fingerprint density at radius 2 is 1.90 bits per heavy atom. The Kier molecular flexibility index (Phi) is 5.90. The molecule has 0 N–H and O–H groups in total. The minimum absolute atomic E-state index is 0.00233. The SMILES string of the molecule is Cc1nc(C(=O)N(CCCOc2ccc(F)cc2)C2CC2)c(-c2ccccc2)s1. The first kappa shape index (κ1) is 19.6. The average Bonchev–Trinajstić information content (AvgIpc) is 3.50. The molecule has 150 valence electrons. The van der Waals surface area contributed by atoms with Gasteiger partial charge in [-0.15, -0.1) is 11.3 Å². The normalized spacial score (nSPS) is 13.3. The number of thiazole rings is 1. The lowest BCUT2D eigenvalue weighted by molar-refractivity contribution is 0.0729. The summed E-state index contributed by atoms with van der Waals surface area (Å²) in [6.45, 7) is 3.03. The number of carbonyl (C=O) groups is 1. The number of ether oxygens (including phenoxy) is 1. The first-order chi connectivity index (χ1) is 14.1. The summed E-state index contributed by atoms with van der Waals surface area (Å²) >= 11 is 1.56. The van der Waals surface area contributed by atoms with Crippen molar-refractivity contribution in [2.24, 2.45) is 0 Å². The second-order valence-corrected chi connectivity index (χ2v) is 8.37. The van der Waals surface area contributed by atoms with E-state index in [1.54, 1.807) is 23.5 Å². The van der Waals surface area contributed by atoms with E-state index >= 15 is 0 Å². The molecule has 0 radical (unpaired) electrons. The molecule has 1 saturated carbocycles. The maximum absolute atomic E-state index is 13.3. The maximum Gasteiger partial charge on any atom is 0.274 e. The van der Waals surface area contributed by atoms with Crippen LogP contribution in [0.4, 0.5) is 4.39 Å². The van der Waals surface area contributed by atoms with E-state index in [1.165, 1.54) is 12.1 Å². The third kappa shape index (κ3) is 4.82. The maximum atomic E-state index is 13.3. The highest BCUT2D eigenvalue weighted by atomic mass is 32.1. The number of rotatable bonds is 8. The number of aryl methyl sites for hydroxylation is 1. The van der Waals surface area contributed by atoms with Crippen LogP contribution in [-0.2, 0) is 0 Å². The predicted octanol–water partition coefficient (Wildman–Crippen LogP) is 5.33.